The highest BCUT2D eigenvalue weighted by Crippen LogP contribution is 2.52. The van der Waals surface area contributed by atoms with Gasteiger partial charge in [-0.3, -0.25) is 14.6 Å². The minimum atomic E-state index is -0.391. The molecule has 4 aromatic rings. The third kappa shape index (κ3) is 5.63. The second kappa shape index (κ2) is 11.4. The Bertz CT molecular complexity index is 1860. The molecule has 1 N–H and O–H groups in total. The van der Waals surface area contributed by atoms with E-state index < -0.39 is 5.82 Å². The number of methoxy groups -OCH3 is 1. The summed E-state index contributed by atoms with van der Waals surface area (Å²) in [6.45, 7) is 11.3. The van der Waals surface area contributed by atoms with Gasteiger partial charge in [0.05, 0.1) is 24.3 Å². The molecule has 2 aromatic heterocycles. The van der Waals surface area contributed by atoms with Crippen molar-refractivity contribution in [1.82, 2.24) is 19.8 Å². The summed E-state index contributed by atoms with van der Waals surface area (Å²) in [4.78, 5) is 26.4. The Morgan fingerprint density at radius 3 is 2.66 bits per heavy atom. The van der Waals surface area contributed by atoms with Gasteiger partial charge in [-0.1, -0.05) is 6.08 Å². The third-order valence-corrected chi connectivity index (χ3v) is 10.3. The van der Waals surface area contributed by atoms with E-state index in [0.717, 1.165) is 74.8 Å². The monoisotopic (exact) mass is 637 g/mol. The van der Waals surface area contributed by atoms with Crippen LogP contribution in [-0.2, 0) is 6.54 Å². The lowest BCUT2D eigenvalue weighted by Gasteiger charge is -2.62. The fourth-order valence-corrected chi connectivity index (χ4v) is 7.73. The largest absolute Gasteiger partial charge is 0.493 e. The van der Waals surface area contributed by atoms with Gasteiger partial charge in [0.2, 0.25) is 0 Å². The van der Waals surface area contributed by atoms with Crippen molar-refractivity contribution in [1.29, 1.82) is 0 Å². The third-order valence-electron chi connectivity index (χ3n) is 10.3. The molecule has 10 heteroatoms. The van der Waals surface area contributed by atoms with Gasteiger partial charge in [-0.2, -0.15) is 0 Å². The lowest BCUT2D eigenvalue weighted by Crippen LogP contribution is -2.68. The highest BCUT2D eigenvalue weighted by atomic mass is 19.1. The molecule has 0 radical (unpaired) electrons. The van der Waals surface area contributed by atoms with Gasteiger partial charge in [-0.15, -0.1) is 0 Å². The number of H-pyrrole nitrogens is 1. The zero-order chi connectivity index (χ0) is 32.3. The van der Waals surface area contributed by atoms with Gasteiger partial charge in [-0.05, 0) is 68.7 Å². The number of hydrogen-bond acceptors (Lipinski definition) is 8. The van der Waals surface area contributed by atoms with Gasteiger partial charge in [-0.25, -0.2) is 9.37 Å². The smallest absolute Gasteiger partial charge is 0.169 e. The highest BCUT2D eigenvalue weighted by Gasteiger charge is 2.54. The first kappa shape index (κ1) is 30.0. The molecule has 0 unspecified atom stereocenters. The van der Waals surface area contributed by atoms with Gasteiger partial charge >= 0.3 is 0 Å². The van der Waals surface area contributed by atoms with E-state index in [0.29, 0.717) is 39.6 Å². The van der Waals surface area contributed by atoms with Crippen LogP contribution < -0.4 is 19.1 Å². The molecule has 244 valence electrons. The summed E-state index contributed by atoms with van der Waals surface area (Å²) in [6, 6.07) is 12.3. The number of pyridine rings is 1. The maximum absolute atomic E-state index is 14.1. The van der Waals surface area contributed by atoms with Crippen LogP contribution in [0.25, 0.3) is 17.1 Å². The van der Waals surface area contributed by atoms with E-state index in [1.54, 1.807) is 19.2 Å². The SMILES string of the molecule is COc1cc(CN2CCN(C3CC4(C3)CN(c3ccc(C=O)c(Oc5cnc6[nH]cc(F)c6c5)c3)C4)CC2)cc2c1OC(C)(C)C=C2. The average molecular weight is 638 g/mol. The topological polar surface area (TPSA) is 83.2 Å². The molecule has 3 aliphatic heterocycles. The number of rotatable bonds is 8. The number of benzene rings is 2. The number of nitrogens with zero attached hydrogens (tertiary/aromatic N) is 4. The maximum Gasteiger partial charge on any atom is 0.169 e. The number of nitrogens with one attached hydrogen (secondary N) is 1. The van der Waals surface area contributed by atoms with Crippen molar-refractivity contribution in [3.8, 4) is 23.0 Å². The van der Waals surface area contributed by atoms with Gasteiger partial charge in [0, 0.05) is 80.8 Å². The minimum Gasteiger partial charge on any atom is -0.493 e. The number of aromatic nitrogens is 2. The van der Waals surface area contributed by atoms with Crippen LogP contribution in [0.2, 0.25) is 0 Å². The number of hydrogen-bond donors (Lipinski definition) is 1. The summed E-state index contributed by atoms with van der Waals surface area (Å²) in [5, 5.41) is 0.351. The minimum absolute atomic E-state index is 0.335. The molecule has 1 spiro atoms. The van der Waals surface area contributed by atoms with E-state index in [9.17, 15) is 9.18 Å². The first-order chi connectivity index (χ1) is 22.7. The number of aldehydes is 1. The lowest BCUT2D eigenvalue weighted by atomic mass is 9.60. The summed E-state index contributed by atoms with van der Waals surface area (Å²) in [6.07, 6.45) is 10.3. The van der Waals surface area contributed by atoms with Crippen LogP contribution in [0, 0.1) is 11.2 Å². The molecule has 9 nitrogen and oxygen atoms in total. The zero-order valence-corrected chi connectivity index (χ0v) is 27.1. The predicted molar refractivity (Wildman–Crippen MR) is 179 cm³/mol. The van der Waals surface area contributed by atoms with Crippen molar-refractivity contribution < 1.29 is 23.4 Å². The Morgan fingerprint density at radius 1 is 1.09 bits per heavy atom. The number of ether oxygens (including phenoxy) is 3. The molecule has 2 saturated heterocycles. The van der Waals surface area contributed by atoms with Crippen LogP contribution >= 0.6 is 0 Å². The molecule has 47 heavy (non-hydrogen) atoms. The normalized spacial score (nSPS) is 20.4. The summed E-state index contributed by atoms with van der Waals surface area (Å²) >= 11 is 0. The quantitative estimate of drug-likeness (QED) is 0.226. The van der Waals surface area contributed by atoms with E-state index in [4.69, 9.17) is 14.2 Å². The van der Waals surface area contributed by atoms with Crippen molar-refractivity contribution in [2.24, 2.45) is 5.41 Å². The van der Waals surface area contributed by atoms with Crippen LogP contribution in [0.3, 0.4) is 0 Å². The van der Waals surface area contributed by atoms with Crippen molar-refractivity contribution >= 4 is 29.1 Å². The van der Waals surface area contributed by atoms with Gasteiger partial charge in [0.1, 0.15) is 28.6 Å². The van der Waals surface area contributed by atoms with Crippen LogP contribution in [0.1, 0.15) is 48.2 Å². The van der Waals surface area contributed by atoms with E-state index in [-0.39, 0.29) is 5.60 Å². The fraction of sp³-hybridized carbons (Fsp3) is 0.405. The molecule has 0 atom stereocenters. The summed E-state index contributed by atoms with van der Waals surface area (Å²) in [5.74, 6) is 2.07. The number of halogens is 1. The summed E-state index contributed by atoms with van der Waals surface area (Å²) in [5.41, 5.74) is 4.28. The first-order valence-electron chi connectivity index (χ1n) is 16.4. The Kier molecular flexibility index (Phi) is 7.25. The molecule has 3 fully saturated rings. The summed E-state index contributed by atoms with van der Waals surface area (Å²) < 4.78 is 32.0. The van der Waals surface area contributed by atoms with E-state index in [2.05, 4.69) is 62.8 Å². The van der Waals surface area contributed by atoms with Gasteiger partial charge < -0.3 is 24.1 Å². The standard InChI is InChI=1S/C37H40FN5O4/c1-36(2)7-6-25-12-24(13-33(45-3)34(25)47-36)20-41-8-10-42(11-9-41)28-16-37(17-28)22-43(23-37)27-5-4-26(21-44)32(14-27)46-29-15-30-31(38)19-40-35(30)39-18-29/h4-7,12-15,18-19,21,28H,8-11,16-17,20,22-23H2,1-3H3,(H,39,40). The first-order valence-corrected chi connectivity index (χ1v) is 16.4. The number of anilines is 1. The molecular formula is C37H40FN5O4. The summed E-state index contributed by atoms with van der Waals surface area (Å²) in [7, 11) is 1.71. The van der Waals surface area contributed by atoms with Gasteiger partial charge in [0.15, 0.2) is 17.8 Å². The van der Waals surface area contributed by atoms with Crippen molar-refractivity contribution in [2.45, 2.75) is 44.9 Å². The Labute approximate surface area is 273 Å². The molecule has 8 rings (SSSR count). The average Bonchev–Trinajstić information content (AvgIpc) is 3.39. The molecule has 1 aliphatic carbocycles. The number of piperazine rings is 1. The Balaban J connectivity index is 0.842. The molecule has 0 bridgehead atoms. The highest BCUT2D eigenvalue weighted by molar-refractivity contribution is 5.82. The Hall–Kier alpha value is -4.41. The zero-order valence-electron chi connectivity index (χ0n) is 27.1. The van der Waals surface area contributed by atoms with E-state index >= 15 is 0 Å². The molecule has 4 aliphatic rings. The predicted octanol–water partition coefficient (Wildman–Crippen LogP) is 6.29. The van der Waals surface area contributed by atoms with E-state index in [1.807, 2.05) is 12.1 Å². The number of carbonyl (C=O) groups is 1. The van der Waals surface area contributed by atoms with Crippen molar-refractivity contribution in [2.75, 3.05) is 51.3 Å². The second-order valence-corrected chi connectivity index (χ2v) is 14.1. The second-order valence-electron chi connectivity index (χ2n) is 14.1. The fourth-order valence-electron chi connectivity index (χ4n) is 7.73. The Morgan fingerprint density at radius 2 is 1.89 bits per heavy atom. The van der Waals surface area contributed by atoms with Crippen LogP contribution in [0.15, 0.2) is 54.9 Å². The number of fused-ring (bicyclic) bond motifs is 2. The molecule has 0 amide bonds. The maximum atomic E-state index is 14.1. The lowest BCUT2D eigenvalue weighted by molar-refractivity contribution is -0.0380. The van der Waals surface area contributed by atoms with Crippen LogP contribution in [0.4, 0.5) is 10.1 Å². The number of carbonyl (C=O) groups excluding carboxylic acids is 1. The molecule has 2 aromatic carbocycles. The number of aromatic amines is 1. The van der Waals surface area contributed by atoms with Crippen LogP contribution in [0.5, 0.6) is 23.0 Å². The molecular weight excluding hydrogens is 597 g/mol. The molecule has 5 heterocycles. The van der Waals surface area contributed by atoms with Crippen molar-refractivity contribution in [3.63, 3.8) is 0 Å². The van der Waals surface area contributed by atoms with Gasteiger partial charge in [0.25, 0.3) is 0 Å². The van der Waals surface area contributed by atoms with Crippen molar-refractivity contribution in [3.05, 3.63) is 77.4 Å². The molecule has 1 saturated carbocycles. The van der Waals surface area contributed by atoms with E-state index in [1.165, 1.54) is 30.8 Å². The van der Waals surface area contributed by atoms with Crippen LogP contribution in [-0.4, -0.2) is 84.1 Å².